The molecule has 1 aliphatic rings. The zero-order valence-corrected chi connectivity index (χ0v) is 12.6. The van der Waals surface area contributed by atoms with Gasteiger partial charge in [0.15, 0.2) is 21.3 Å². The second kappa shape index (κ2) is 5.91. The summed E-state index contributed by atoms with van der Waals surface area (Å²) >= 11 is 0. The van der Waals surface area contributed by atoms with Gasteiger partial charge in [-0.15, -0.1) is 0 Å². The molecule has 9 heteroatoms. The average molecular weight is 324 g/mol. The molecule has 8 nitrogen and oxygen atoms in total. The van der Waals surface area contributed by atoms with E-state index in [4.69, 9.17) is 4.52 Å². The largest absolute Gasteiger partial charge is 0.359 e. The quantitative estimate of drug-likeness (QED) is 0.781. The van der Waals surface area contributed by atoms with Crippen LogP contribution in [0, 0.1) is 0 Å². The van der Waals surface area contributed by atoms with Gasteiger partial charge in [0.2, 0.25) is 0 Å². The van der Waals surface area contributed by atoms with Gasteiger partial charge in [0, 0.05) is 25.0 Å². The highest BCUT2D eigenvalue weighted by molar-refractivity contribution is 7.92. The summed E-state index contributed by atoms with van der Waals surface area (Å²) in [5, 5.41) is 10.0. The van der Waals surface area contributed by atoms with Crippen LogP contribution in [-0.2, 0) is 16.4 Å². The van der Waals surface area contributed by atoms with Crippen molar-refractivity contribution in [2.75, 3.05) is 12.3 Å². The van der Waals surface area contributed by atoms with Gasteiger partial charge < -0.3 is 9.84 Å². The van der Waals surface area contributed by atoms with Gasteiger partial charge in [0.05, 0.1) is 11.0 Å². The molecular formula is C13H16N4O4S. The molecule has 0 radical (unpaired) electrons. The summed E-state index contributed by atoms with van der Waals surface area (Å²) in [7, 11) is -3.06. The van der Waals surface area contributed by atoms with Gasteiger partial charge in [-0.25, -0.2) is 8.42 Å². The van der Waals surface area contributed by atoms with E-state index in [2.05, 4.69) is 15.6 Å². The second-order valence-electron chi connectivity index (χ2n) is 5.20. The Hall–Kier alpha value is -2.16. The highest BCUT2D eigenvalue weighted by atomic mass is 32.2. The molecule has 1 N–H and O–H groups in total. The van der Waals surface area contributed by atoms with Crippen molar-refractivity contribution < 1.29 is 17.7 Å². The smallest absolute Gasteiger partial charge is 0.273 e. The molecule has 1 aliphatic carbocycles. The van der Waals surface area contributed by atoms with Crippen LogP contribution in [0.2, 0.25) is 0 Å². The molecule has 0 bridgehead atoms. The molecule has 118 valence electrons. The maximum atomic E-state index is 11.9. The summed E-state index contributed by atoms with van der Waals surface area (Å²) in [6.45, 7) is 0.461. The van der Waals surface area contributed by atoms with Gasteiger partial charge in [-0.1, -0.05) is 5.16 Å². The lowest BCUT2D eigenvalue weighted by Crippen LogP contribution is -2.30. The maximum absolute atomic E-state index is 11.9. The fourth-order valence-corrected chi connectivity index (χ4v) is 3.61. The maximum Gasteiger partial charge on any atom is 0.273 e. The number of hydrogen-bond donors (Lipinski definition) is 1. The van der Waals surface area contributed by atoms with Crippen molar-refractivity contribution in [3.05, 3.63) is 36.0 Å². The first-order valence-electron chi connectivity index (χ1n) is 6.97. The van der Waals surface area contributed by atoms with E-state index in [0.29, 0.717) is 12.3 Å². The zero-order valence-electron chi connectivity index (χ0n) is 11.8. The molecule has 1 amide bonds. The number of aromatic nitrogens is 3. The Morgan fingerprint density at radius 3 is 2.95 bits per heavy atom. The van der Waals surface area contributed by atoms with Crippen LogP contribution in [-0.4, -0.2) is 46.8 Å². The van der Waals surface area contributed by atoms with Crippen molar-refractivity contribution in [3.8, 4) is 0 Å². The highest BCUT2D eigenvalue weighted by Crippen LogP contribution is 2.28. The van der Waals surface area contributed by atoms with E-state index in [0.717, 1.165) is 12.8 Å². The monoisotopic (exact) mass is 324 g/mol. The van der Waals surface area contributed by atoms with E-state index in [9.17, 15) is 13.2 Å². The summed E-state index contributed by atoms with van der Waals surface area (Å²) in [5.41, 5.74) is 0.131. The van der Waals surface area contributed by atoms with E-state index in [1.807, 2.05) is 0 Å². The van der Waals surface area contributed by atoms with Gasteiger partial charge in [0.25, 0.3) is 5.91 Å². The van der Waals surface area contributed by atoms with Crippen molar-refractivity contribution in [1.82, 2.24) is 20.3 Å². The number of nitrogens with one attached hydrogen (secondary N) is 1. The lowest BCUT2D eigenvalue weighted by molar-refractivity contribution is 0.0947. The van der Waals surface area contributed by atoms with E-state index in [-0.39, 0.29) is 23.2 Å². The summed E-state index contributed by atoms with van der Waals surface area (Å²) in [6.07, 6.45) is 4.88. The normalized spacial score (nSPS) is 14.9. The van der Waals surface area contributed by atoms with Gasteiger partial charge >= 0.3 is 0 Å². The fraction of sp³-hybridized carbons (Fsp3) is 0.462. The van der Waals surface area contributed by atoms with Crippen molar-refractivity contribution in [1.29, 1.82) is 0 Å². The van der Waals surface area contributed by atoms with Gasteiger partial charge in [-0.2, -0.15) is 5.10 Å². The second-order valence-corrected chi connectivity index (χ2v) is 7.60. The molecule has 0 aromatic carbocycles. The van der Waals surface area contributed by atoms with Crippen molar-refractivity contribution >= 4 is 15.7 Å². The summed E-state index contributed by atoms with van der Waals surface area (Å²) in [6, 6.07) is 3.30. The number of carbonyl (C=O) groups is 1. The lowest BCUT2D eigenvalue weighted by atomic mass is 10.3. The standard InChI is InChI=1S/C13H16N4O4S/c18-13(14-5-7-22(19,20)11-2-3-11)12-8-10(21-16-12)9-17-6-1-4-15-17/h1,4,6,8,11H,2-3,5,7,9H2,(H,14,18). The van der Waals surface area contributed by atoms with E-state index >= 15 is 0 Å². The zero-order chi connectivity index (χ0) is 15.6. The van der Waals surface area contributed by atoms with Crippen LogP contribution >= 0.6 is 0 Å². The molecule has 0 aliphatic heterocycles. The van der Waals surface area contributed by atoms with Gasteiger partial charge in [-0.05, 0) is 18.9 Å². The summed E-state index contributed by atoms with van der Waals surface area (Å²) in [4.78, 5) is 11.9. The number of carbonyl (C=O) groups excluding carboxylic acids is 1. The SMILES string of the molecule is O=C(NCCS(=O)(=O)C1CC1)c1cc(Cn2cccn2)on1. The number of rotatable bonds is 7. The third-order valence-electron chi connectivity index (χ3n) is 3.37. The van der Waals surface area contributed by atoms with Crippen LogP contribution in [0.15, 0.2) is 29.0 Å². The molecule has 3 rings (SSSR count). The molecule has 0 unspecified atom stereocenters. The van der Waals surface area contributed by atoms with Crippen molar-refractivity contribution in [2.24, 2.45) is 0 Å². The van der Waals surface area contributed by atoms with Crippen LogP contribution in [0.5, 0.6) is 0 Å². The van der Waals surface area contributed by atoms with E-state index in [1.165, 1.54) is 6.07 Å². The predicted molar refractivity (Wildman–Crippen MR) is 77.0 cm³/mol. The molecular weight excluding hydrogens is 308 g/mol. The Morgan fingerprint density at radius 2 is 2.27 bits per heavy atom. The van der Waals surface area contributed by atoms with Crippen molar-refractivity contribution in [2.45, 2.75) is 24.6 Å². The number of hydrogen-bond acceptors (Lipinski definition) is 6. The molecule has 0 spiro atoms. The molecule has 0 atom stereocenters. The first-order chi connectivity index (χ1) is 10.5. The molecule has 0 saturated heterocycles. The predicted octanol–water partition coefficient (Wildman–Crippen LogP) is 0.226. The van der Waals surface area contributed by atoms with Crippen LogP contribution in [0.3, 0.4) is 0 Å². The molecule has 2 aromatic heterocycles. The molecule has 2 heterocycles. The third-order valence-corrected chi connectivity index (χ3v) is 5.63. The minimum Gasteiger partial charge on any atom is -0.359 e. The minimum atomic E-state index is -3.06. The highest BCUT2D eigenvalue weighted by Gasteiger charge is 2.35. The van der Waals surface area contributed by atoms with Gasteiger partial charge in [0.1, 0.15) is 6.54 Å². The Labute approximate surface area is 127 Å². The number of amides is 1. The average Bonchev–Trinajstić information content (AvgIpc) is 3.05. The minimum absolute atomic E-state index is 0.0403. The summed E-state index contributed by atoms with van der Waals surface area (Å²) < 4.78 is 30.1. The molecule has 1 fully saturated rings. The van der Waals surface area contributed by atoms with Crippen LogP contribution < -0.4 is 5.32 Å². The van der Waals surface area contributed by atoms with Crippen LogP contribution in [0.25, 0.3) is 0 Å². The van der Waals surface area contributed by atoms with Gasteiger partial charge in [-0.3, -0.25) is 9.48 Å². The number of sulfone groups is 1. The van der Waals surface area contributed by atoms with E-state index < -0.39 is 15.7 Å². The Balaban J connectivity index is 1.51. The summed E-state index contributed by atoms with van der Waals surface area (Å²) in [5.74, 6) is 0.0161. The topological polar surface area (TPSA) is 107 Å². The number of nitrogens with zero attached hydrogens (tertiary/aromatic N) is 3. The Morgan fingerprint density at radius 1 is 1.45 bits per heavy atom. The van der Waals surface area contributed by atoms with Crippen LogP contribution in [0.4, 0.5) is 0 Å². The third kappa shape index (κ3) is 3.53. The Bertz CT molecular complexity index is 747. The Kier molecular flexibility index (Phi) is 3.97. The first-order valence-corrected chi connectivity index (χ1v) is 8.69. The fourth-order valence-electron chi connectivity index (χ4n) is 2.04. The molecule has 1 saturated carbocycles. The first kappa shape index (κ1) is 14.8. The molecule has 2 aromatic rings. The molecule has 22 heavy (non-hydrogen) atoms. The lowest BCUT2D eigenvalue weighted by Gasteiger charge is -2.03. The van der Waals surface area contributed by atoms with Crippen LogP contribution in [0.1, 0.15) is 29.1 Å². The van der Waals surface area contributed by atoms with E-state index in [1.54, 1.807) is 23.1 Å². The van der Waals surface area contributed by atoms with Crippen molar-refractivity contribution in [3.63, 3.8) is 0 Å².